The fraction of sp³-hybridized carbons (Fsp3) is 0.167. The van der Waals surface area contributed by atoms with E-state index in [0.717, 1.165) is 27.0 Å². The van der Waals surface area contributed by atoms with Crippen molar-refractivity contribution in [2.45, 2.75) is 20.8 Å². The zero-order valence-electron chi connectivity index (χ0n) is 13.1. The number of hydrogen-bond donors (Lipinski definition) is 1. The van der Waals surface area contributed by atoms with Crippen LogP contribution >= 0.6 is 11.3 Å². The first-order valence-electron chi connectivity index (χ1n) is 7.12. The molecule has 2 aromatic heterocycles. The molecular weight excluding hydrogens is 306 g/mol. The van der Waals surface area contributed by atoms with Gasteiger partial charge in [0.05, 0.1) is 4.88 Å². The molecule has 0 radical (unpaired) electrons. The van der Waals surface area contributed by atoms with Gasteiger partial charge in [-0.05, 0) is 44.5 Å². The third-order valence-corrected chi connectivity index (χ3v) is 4.76. The van der Waals surface area contributed by atoms with Crippen LogP contribution in [0.4, 0.5) is 5.69 Å². The van der Waals surface area contributed by atoms with Crippen molar-refractivity contribution in [3.05, 3.63) is 51.8 Å². The summed E-state index contributed by atoms with van der Waals surface area (Å²) in [6, 6.07) is 7.23. The number of carbonyl (C=O) groups is 1. The van der Waals surface area contributed by atoms with E-state index in [-0.39, 0.29) is 5.91 Å². The Bertz CT molecular complexity index is 966. The van der Waals surface area contributed by atoms with Crippen molar-refractivity contribution in [2.24, 2.45) is 0 Å². The summed E-state index contributed by atoms with van der Waals surface area (Å²) in [5.74, 6) is 3.12. The normalized spacial score (nSPS) is 10.5. The number of hydrogen-bond acceptors (Lipinski definition) is 4. The van der Waals surface area contributed by atoms with Gasteiger partial charge in [0.15, 0.2) is 0 Å². The van der Waals surface area contributed by atoms with Gasteiger partial charge >= 0.3 is 0 Å². The van der Waals surface area contributed by atoms with E-state index in [0.29, 0.717) is 16.4 Å². The molecule has 0 aliphatic carbocycles. The second-order valence-corrected chi connectivity index (χ2v) is 6.27. The summed E-state index contributed by atoms with van der Waals surface area (Å²) < 4.78 is 0. The minimum Gasteiger partial charge on any atom is -0.321 e. The Kier molecular flexibility index (Phi) is 3.85. The van der Waals surface area contributed by atoms with Gasteiger partial charge in [-0.15, -0.1) is 17.8 Å². The first kappa shape index (κ1) is 15.2. The van der Waals surface area contributed by atoms with E-state index in [1.165, 1.54) is 11.3 Å². The molecule has 0 unspecified atom stereocenters. The molecule has 0 fully saturated rings. The monoisotopic (exact) mass is 321 g/mol. The molecule has 0 spiro atoms. The number of benzene rings is 1. The van der Waals surface area contributed by atoms with Gasteiger partial charge in [-0.3, -0.25) is 4.79 Å². The molecule has 0 aliphatic heterocycles. The fourth-order valence-electron chi connectivity index (χ4n) is 2.56. The molecule has 0 aliphatic rings. The van der Waals surface area contributed by atoms with Crippen LogP contribution in [0.3, 0.4) is 0 Å². The molecule has 23 heavy (non-hydrogen) atoms. The fourth-order valence-corrected chi connectivity index (χ4v) is 3.74. The van der Waals surface area contributed by atoms with E-state index >= 15 is 0 Å². The van der Waals surface area contributed by atoms with Gasteiger partial charge in [-0.25, -0.2) is 9.97 Å². The second-order valence-electron chi connectivity index (χ2n) is 5.27. The predicted octanol–water partition coefficient (Wildman–Crippen LogP) is 3.85. The van der Waals surface area contributed by atoms with Gasteiger partial charge in [-0.2, -0.15) is 0 Å². The van der Waals surface area contributed by atoms with Crippen molar-refractivity contribution in [3.8, 4) is 12.3 Å². The highest BCUT2D eigenvalue weighted by Crippen LogP contribution is 2.31. The van der Waals surface area contributed by atoms with Crippen LogP contribution in [0.25, 0.3) is 10.2 Å². The Morgan fingerprint density at radius 1 is 1.26 bits per heavy atom. The van der Waals surface area contributed by atoms with Crippen LogP contribution in [0.15, 0.2) is 24.3 Å². The maximum Gasteiger partial charge on any atom is 0.266 e. The van der Waals surface area contributed by atoms with E-state index in [1.54, 1.807) is 6.07 Å². The Morgan fingerprint density at radius 2 is 2.04 bits per heavy atom. The second kappa shape index (κ2) is 5.82. The van der Waals surface area contributed by atoms with Gasteiger partial charge in [0.25, 0.3) is 5.91 Å². The smallest absolute Gasteiger partial charge is 0.266 e. The lowest BCUT2D eigenvalue weighted by Gasteiger charge is -2.05. The van der Waals surface area contributed by atoms with Gasteiger partial charge in [-0.1, -0.05) is 12.0 Å². The van der Waals surface area contributed by atoms with Crippen LogP contribution in [0.1, 0.15) is 32.3 Å². The summed E-state index contributed by atoms with van der Waals surface area (Å²) >= 11 is 1.39. The number of rotatable bonds is 2. The SMILES string of the molecule is C#Cc1cccc(NC(=O)c2sc3nc(C)nc(C)c3c2C)c1. The average molecular weight is 321 g/mol. The van der Waals surface area contributed by atoms with Crippen LogP contribution in [-0.4, -0.2) is 15.9 Å². The number of nitrogens with one attached hydrogen (secondary N) is 1. The summed E-state index contributed by atoms with van der Waals surface area (Å²) in [6.45, 7) is 5.72. The number of anilines is 1. The summed E-state index contributed by atoms with van der Waals surface area (Å²) in [7, 11) is 0. The lowest BCUT2D eigenvalue weighted by Crippen LogP contribution is -2.11. The number of aryl methyl sites for hydroxylation is 3. The zero-order valence-corrected chi connectivity index (χ0v) is 13.9. The lowest BCUT2D eigenvalue weighted by atomic mass is 10.1. The average Bonchev–Trinajstić information content (AvgIpc) is 2.84. The first-order valence-corrected chi connectivity index (χ1v) is 7.93. The van der Waals surface area contributed by atoms with Crippen molar-refractivity contribution in [3.63, 3.8) is 0 Å². The molecule has 5 heteroatoms. The van der Waals surface area contributed by atoms with E-state index in [1.807, 2.05) is 39.0 Å². The maximum absolute atomic E-state index is 12.6. The van der Waals surface area contributed by atoms with Gasteiger partial charge in [0, 0.05) is 22.3 Å². The summed E-state index contributed by atoms with van der Waals surface area (Å²) in [5, 5.41) is 3.86. The van der Waals surface area contributed by atoms with Crippen molar-refractivity contribution < 1.29 is 4.79 Å². The molecule has 0 saturated heterocycles. The molecule has 1 amide bonds. The van der Waals surface area contributed by atoms with Crippen molar-refractivity contribution >= 4 is 33.1 Å². The largest absolute Gasteiger partial charge is 0.321 e. The number of nitrogens with zero attached hydrogens (tertiary/aromatic N) is 2. The third kappa shape index (κ3) is 2.81. The van der Waals surface area contributed by atoms with E-state index in [2.05, 4.69) is 21.2 Å². The summed E-state index contributed by atoms with van der Waals surface area (Å²) in [5.41, 5.74) is 3.22. The number of amides is 1. The minimum absolute atomic E-state index is 0.156. The predicted molar refractivity (Wildman–Crippen MR) is 94.0 cm³/mol. The Morgan fingerprint density at radius 3 is 2.78 bits per heavy atom. The molecule has 2 heterocycles. The summed E-state index contributed by atoms with van der Waals surface area (Å²) in [6.07, 6.45) is 5.39. The highest BCUT2D eigenvalue weighted by Gasteiger charge is 2.18. The molecule has 1 N–H and O–H groups in total. The highest BCUT2D eigenvalue weighted by atomic mass is 32.1. The van der Waals surface area contributed by atoms with Gasteiger partial charge < -0.3 is 5.32 Å². The van der Waals surface area contributed by atoms with Crippen LogP contribution in [0.2, 0.25) is 0 Å². The van der Waals surface area contributed by atoms with Crippen LogP contribution in [0.5, 0.6) is 0 Å². The van der Waals surface area contributed by atoms with Crippen LogP contribution in [0, 0.1) is 33.1 Å². The Balaban J connectivity index is 2.00. The molecule has 114 valence electrons. The number of terminal acetylenes is 1. The lowest BCUT2D eigenvalue weighted by molar-refractivity contribution is 0.103. The number of carbonyl (C=O) groups excluding carboxylic acids is 1. The molecule has 0 atom stereocenters. The zero-order chi connectivity index (χ0) is 16.6. The maximum atomic E-state index is 12.6. The number of aromatic nitrogens is 2. The molecule has 0 bridgehead atoms. The van der Waals surface area contributed by atoms with Crippen LogP contribution in [-0.2, 0) is 0 Å². The van der Waals surface area contributed by atoms with Crippen LogP contribution < -0.4 is 5.32 Å². The molecule has 3 rings (SSSR count). The number of fused-ring (bicyclic) bond motifs is 1. The topological polar surface area (TPSA) is 54.9 Å². The van der Waals surface area contributed by atoms with Gasteiger partial charge in [0.1, 0.15) is 10.7 Å². The Hall–Kier alpha value is -2.71. The van der Waals surface area contributed by atoms with Crippen molar-refractivity contribution in [2.75, 3.05) is 5.32 Å². The number of thiophene rings is 1. The molecule has 3 aromatic rings. The van der Waals surface area contributed by atoms with Crippen molar-refractivity contribution in [1.82, 2.24) is 9.97 Å². The highest BCUT2D eigenvalue weighted by molar-refractivity contribution is 7.20. The summed E-state index contributed by atoms with van der Waals surface area (Å²) in [4.78, 5) is 22.9. The minimum atomic E-state index is -0.156. The van der Waals surface area contributed by atoms with E-state index in [9.17, 15) is 4.79 Å². The van der Waals surface area contributed by atoms with E-state index < -0.39 is 0 Å². The van der Waals surface area contributed by atoms with E-state index in [4.69, 9.17) is 6.42 Å². The first-order chi connectivity index (χ1) is 11.0. The molecule has 1 aromatic carbocycles. The Labute approximate surface area is 138 Å². The van der Waals surface area contributed by atoms with Crippen molar-refractivity contribution in [1.29, 1.82) is 0 Å². The molecule has 4 nitrogen and oxygen atoms in total. The molecule has 0 saturated carbocycles. The third-order valence-electron chi connectivity index (χ3n) is 3.58. The standard InChI is InChI=1S/C18H15N3OS/c1-5-13-7-6-8-14(9-13)21-17(22)16-10(2)15-11(3)19-12(4)20-18(15)23-16/h1,6-9H,2-4H3,(H,21,22). The quantitative estimate of drug-likeness (QED) is 0.729. The molecular formula is C18H15N3OS. The van der Waals surface area contributed by atoms with Gasteiger partial charge in [0.2, 0.25) is 0 Å².